The fourth-order valence-corrected chi connectivity index (χ4v) is 7.30. The molecule has 0 aromatic rings. The number of esters is 1. The van der Waals surface area contributed by atoms with Crippen molar-refractivity contribution in [1.82, 2.24) is 0 Å². The first-order valence-electron chi connectivity index (χ1n) is 9.98. The molecule has 6 nitrogen and oxygen atoms in total. The van der Waals surface area contributed by atoms with Crippen LogP contribution >= 0.6 is 0 Å². The van der Waals surface area contributed by atoms with E-state index in [-0.39, 0.29) is 40.9 Å². The van der Waals surface area contributed by atoms with E-state index in [1.54, 1.807) is 6.08 Å². The Morgan fingerprint density at radius 3 is 2.88 bits per heavy atom. The first kappa shape index (κ1) is 16.0. The largest absolute Gasteiger partial charge is 0.458 e. The van der Waals surface area contributed by atoms with Crippen LogP contribution in [0.2, 0.25) is 0 Å². The summed E-state index contributed by atoms with van der Waals surface area (Å²) in [6.07, 6.45) is 5.68. The third-order valence-electron chi connectivity index (χ3n) is 8.61. The standard InChI is InChI=1S/C20H26O6/c1-11-5-15(21)20-10-24-17-19(11,14(20)3-2-4-18(20)9-25-18)7-13(26-17)12-6-16(22)23-8-12/h6,11,13-15,17,21H,2-5,7-10H2,1H3/t11-,13+,14-,15+,17+,18+,19-,20+/m1/s1. The topological polar surface area (TPSA) is 77.5 Å². The van der Waals surface area contributed by atoms with Crippen molar-refractivity contribution in [3.05, 3.63) is 11.6 Å². The molecule has 0 aromatic heterocycles. The third-order valence-corrected chi connectivity index (χ3v) is 8.61. The van der Waals surface area contributed by atoms with E-state index in [4.69, 9.17) is 18.9 Å². The second-order valence-corrected chi connectivity index (χ2v) is 9.33. The first-order valence-corrected chi connectivity index (χ1v) is 9.98. The normalized spacial score (nSPS) is 57.4. The van der Waals surface area contributed by atoms with Crippen molar-refractivity contribution in [2.24, 2.45) is 22.7 Å². The number of hydrogen-bond acceptors (Lipinski definition) is 6. The molecule has 0 aromatic carbocycles. The molecule has 2 aliphatic carbocycles. The van der Waals surface area contributed by atoms with Gasteiger partial charge in [0, 0.05) is 17.1 Å². The summed E-state index contributed by atoms with van der Waals surface area (Å²) in [6.45, 7) is 3.82. The van der Waals surface area contributed by atoms with Gasteiger partial charge in [0.2, 0.25) is 0 Å². The predicted molar refractivity (Wildman–Crippen MR) is 88.9 cm³/mol. The average molecular weight is 362 g/mol. The van der Waals surface area contributed by atoms with Gasteiger partial charge in [0.05, 0.1) is 30.8 Å². The van der Waals surface area contributed by atoms with Crippen molar-refractivity contribution in [3.8, 4) is 0 Å². The van der Waals surface area contributed by atoms with Gasteiger partial charge in [0.25, 0.3) is 0 Å². The fourth-order valence-electron chi connectivity index (χ4n) is 7.30. The summed E-state index contributed by atoms with van der Waals surface area (Å²) in [4.78, 5) is 11.5. The van der Waals surface area contributed by atoms with Gasteiger partial charge in [-0.1, -0.05) is 13.3 Å². The van der Waals surface area contributed by atoms with Crippen LogP contribution in [0.25, 0.3) is 0 Å². The maximum atomic E-state index is 11.5. The zero-order chi connectivity index (χ0) is 17.7. The van der Waals surface area contributed by atoms with Crippen LogP contribution in [0, 0.1) is 22.7 Å². The third kappa shape index (κ3) is 1.66. The summed E-state index contributed by atoms with van der Waals surface area (Å²) < 4.78 is 23.8. The Bertz CT molecular complexity index is 698. The molecule has 2 bridgehead atoms. The average Bonchev–Trinajstić information content (AvgIpc) is 3.09. The number of aliphatic hydroxyl groups excluding tert-OH is 1. The first-order chi connectivity index (χ1) is 12.5. The Kier molecular flexibility index (Phi) is 3.03. The lowest BCUT2D eigenvalue weighted by atomic mass is 9.41. The molecule has 6 rings (SSSR count). The Labute approximate surface area is 152 Å². The Morgan fingerprint density at radius 1 is 1.31 bits per heavy atom. The van der Waals surface area contributed by atoms with E-state index in [1.165, 1.54) is 0 Å². The molecule has 1 N–H and O–H groups in total. The van der Waals surface area contributed by atoms with Crippen molar-refractivity contribution in [2.75, 3.05) is 19.8 Å². The molecule has 3 saturated heterocycles. The molecular weight excluding hydrogens is 336 g/mol. The minimum Gasteiger partial charge on any atom is -0.458 e. The number of rotatable bonds is 1. The molecule has 0 unspecified atom stereocenters. The number of ether oxygens (including phenoxy) is 4. The lowest BCUT2D eigenvalue weighted by Crippen LogP contribution is -2.71. The zero-order valence-electron chi connectivity index (χ0n) is 15.1. The van der Waals surface area contributed by atoms with Gasteiger partial charge >= 0.3 is 5.97 Å². The Morgan fingerprint density at radius 2 is 2.15 bits per heavy atom. The maximum Gasteiger partial charge on any atom is 0.331 e. The lowest BCUT2D eigenvalue weighted by Gasteiger charge is -2.66. The second-order valence-electron chi connectivity index (χ2n) is 9.33. The number of aliphatic hydroxyl groups is 1. The highest BCUT2D eigenvalue weighted by atomic mass is 16.7. The van der Waals surface area contributed by atoms with Crippen LogP contribution in [0.4, 0.5) is 0 Å². The summed E-state index contributed by atoms with van der Waals surface area (Å²) in [5.41, 5.74) is 0.313. The van der Waals surface area contributed by atoms with E-state index < -0.39 is 0 Å². The quantitative estimate of drug-likeness (QED) is 0.563. The van der Waals surface area contributed by atoms with Gasteiger partial charge in [0.1, 0.15) is 12.2 Å². The molecule has 4 aliphatic heterocycles. The van der Waals surface area contributed by atoms with Crippen LogP contribution in [0.15, 0.2) is 11.6 Å². The molecule has 0 amide bonds. The molecule has 2 spiro atoms. The summed E-state index contributed by atoms with van der Waals surface area (Å²) in [5.74, 6) is 0.368. The van der Waals surface area contributed by atoms with Crippen LogP contribution < -0.4 is 0 Å². The molecule has 5 fully saturated rings. The molecule has 0 radical (unpaired) electrons. The van der Waals surface area contributed by atoms with E-state index in [0.717, 1.165) is 44.3 Å². The number of carbonyl (C=O) groups is 1. The monoisotopic (exact) mass is 362 g/mol. The predicted octanol–water partition coefficient (Wildman–Crippen LogP) is 1.56. The van der Waals surface area contributed by atoms with Crippen molar-refractivity contribution >= 4 is 5.97 Å². The van der Waals surface area contributed by atoms with Crippen molar-refractivity contribution < 1.29 is 28.8 Å². The molecular formula is C20H26O6. The number of hydrogen-bond donors (Lipinski definition) is 1. The highest BCUT2D eigenvalue weighted by molar-refractivity contribution is 5.85. The minimum atomic E-state index is -0.383. The summed E-state index contributed by atoms with van der Waals surface area (Å²) in [5, 5.41) is 11.2. The van der Waals surface area contributed by atoms with E-state index in [0.29, 0.717) is 25.0 Å². The zero-order valence-corrected chi connectivity index (χ0v) is 15.1. The number of carbonyl (C=O) groups excluding carboxylic acids is 1. The smallest absolute Gasteiger partial charge is 0.331 e. The van der Waals surface area contributed by atoms with Gasteiger partial charge in [-0.15, -0.1) is 0 Å². The van der Waals surface area contributed by atoms with Crippen molar-refractivity contribution in [3.63, 3.8) is 0 Å². The molecule has 4 heterocycles. The minimum absolute atomic E-state index is 0.117. The molecule has 26 heavy (non-hydrogen) atoms. The van der Waals surface area contributed by atoms with E-state index in [1.807, 2.05) is 0 Å². The summed E-state index contributed by atoms with van der Waals surface area (Å²) in [6, 6.07) is 0. The SMILES string of the molecule is C[C@@H]1C[C@H](O)[C@]23CO[C@H]4O[C@H](C5=CC(=O)OC5)C[C@@]41[C@H]2CCC[C@]31CO1. The van der Waals surface area contributed by atoms with Gasteiger partial charge in [0.15, 0.2) is 6.29 Å². The van der Waals surface area contributed by atoms with E-state index >= 15 is 0 Å². The Hall–Kier alpha value is -0.950. The second kappa shape index (κ2) is 4.90. The molecule has 142 valence electrons. The van der Waals surface area contributed by atoms with Gasteiger partial charge in [-0.05, 0) is 37.5 Å². The highest BCUT2D eigenvalue weighted by Gasteiger charge is 2.79. The van der Waals surface area contributed by atoms with Gasteiger partial charge in [-0.3, -0.25) is 0 Å². The van der Waals surface area contributed by atoms with Crippen LogP contribution in [-0.2, 0) is 23.7 Å². The van der Waals surface area contributed by atoms with E-state index in [9.17, 15) is 9.90 Å². The molecule has 6 aliphatic rings. The van der Waals surface area contributed by atoms with Gasteiger partial charge in [-0.2, -0.15) is 0 Å². The van der Waals surface area contributed by atoms with Crippen LogP contribution in [-0.4, -0.2) is 55.0 Å². The van der Waals surface area contributed by atoms with Gasteiger partial charge < -0.3 is 24.1 Å². The number of epoxide rings is 1. The van der Waals surface area contributed by atoms with Crippen molar-refractivity contribution in [1.29, 1.82) is 0 Å². The van der Waals surface area contributed by atoms with Crippen LogP contribution in [0.1, 0.15) is 39.0 Å². The molecule has 6 heteroatoms. The fraction of sp³-hybridized carbons (Fsp3) is 0.850. The molecule has 2 saturated carbocycles. The number of cyclic esters (lactones) is 1. The van der Waals surface area contributed by atoms with Crippen LogP contribution in [0.3, 0.4) is 0 Å². The van der Waals surface area contributed by atoms with Crippen LogP contribution in [0.5, 0.6) is 0 Å². The van der Waals surface area contributed by atoms with E-state index in [2.05, 4.69) is 6.92 Å². The molecule has 8 atom stereocenters. The summed E-state index contributed by atoms with van der Waals surface area (Å²) >= 11 is 0. The van der Waals surface area contributed by atoms with Gasteiger partial charge in [-0.25, -0.2) is 4.79 Å². The highest BCUT2D eigenvalue weighted by Crippen LogP contribution is 2.73. The maximum absolute atomic E-state index is 11.5. The summed E-state index contributed by atoms with van der Waals surface area (Å²) in [7, 11) is 0. The van der Waals surface area contributed by atoms with Crippen molar-refractivity contribution in [2.45, 2.75) is 63.1 Å². The lowest BCUT2D eigenvalue weighted by molar-refractivity contribution is -0.330. The Balaban J connectivity index is 1.44.